The molecule has 1 fully saturated rings. The molecule has 1 saturated carbocycles. The minimum absolute atomic E-state index is 0.0671. The maximum absolute atomic E-state index is 5.70. The minimum atomic E-state index is 0.0671. The van der Waals surface area contributed by atoms with Gasteiger partial charge in [-0.25, -0.2) is 9.97 Å². The van der Waals surface area contributed by atoms with Gasteiger partial charge in [0, 0.05) is 31.1 Å². The summed E-state index contributed by atoms with van der Waals surface area (Å²) in [4.78, 5) is 9.06. The summed E-state index contributed by atoms with van der Waals surface area (Å²) in [5, 5.41) is 0. The topological polar surface area (TPSA) is 61.0 Å². The van der Waals surface area contributed by atoms with E-state index in [4.69, 9.17) is 10.5 Å². The third-order valence-corrected chi connectivity index (χ3v) is 3.24. The number of rotatable bonds is 6. The Balaban J connectivity index is 2.24. The Labute approximate surface area is 103 Å². The summed E-state index contributed by atoms with van der Waals surface area (Å²) in [5.41, 5.74) is 7.84. The molecule has 4 nitrogen and oxygen atoms in total. The number of aromatic nitrogens is 2. The van der Waals surface area contributed by atoms with E-state index in [0.717, 1.165) is 29.9 Å². The van der Waals surface area contributed by atoms with Crippen LogP contribution in [0.2, 0.25) is 0 Å². The van der Waals surface area contributed by atoms with Crippen molar-refractivity contribution in [2.75, 3.05) is 7.11 Å². The number of nitrogens with two attached hydrogens (primary N) is 1. The van der Waals surface area contributed by atoms with E-state index in [1.165, 1.54) is 12.8 Å². The molecule has 0 radical (unpaired) electrons. The van der Waals surface area contributed by atoms with Gasteiger partial charge in [-0.15, -0.1) is 0 Å². The molecule has 2 rings (SSSR count). The Morgan fingerprint density at radius 3 is 2.82 bits per heavy atom. The first-order valence-corrected chi connectivity index (χ1v) is 6.37. The molecule has 1 aromatic heterocycles. The van der Waals surface area contributed by atoms with Crippen molar-refractivity contribution in [3.8, 4) is 0 Å². The van der Waals surface area contributed by atoms with Crippen molar-refractivity contribution in [2.24, 2.45) is 11.7 Å². The summed E-state index contributed by atoms with van der Waals surface area (Å²) < 4.78 is 5.51. The summed E-state index contributed by atoms with van der Waals surface area (Å²) >= 11 is 0. The van der Waals surface area contributed by atoms with Gasteiger partial charge in [0.15, 0.2) is 5.82 Å². The van der Waals surface area contributed by atoms with Gasteiger partial charge in [0.25, 0.3) is 0 Å². The van der Waals surface area contributed by atoms with Crippen LogP contribution in [0.1, 0.15) is 49.4 Å². The molecule has 4 heteroatoms. The van der Waals surface area contributed by atoms with Gasteiger partial charge in [0.05, 0.1) is 0 Å². The summed E-state index contributed by atoms with van der Waals surface area (Å²) in [6.45, 7) is 2.66. The van der Waals surface area contributed by atoms with Gasteiger partial charge in [-0.3, -0.25) is 0 Å². The second kappa shape index (κ2) is 5.56. The second-order valence-corrected chi connectivity index (χ2v) is 4.65. The van der Waals surface area contributed by atoms with Gasteiger partial charge in [-0.05, 0) is 25.2 Å². The number of hydrogen-bond acceptors (Lipinski definition) is 4. The molecule has 1 unspecified atom stereocenters. The largest absolute Gasteiger partial charge is 0.373 e. The van der Waals surface area contributed by atoms with Crippen molar-refractivity contribution >= 4 is 0 Å². The lowest BCUT2D eigenvalue weighted by Crippen LogP contribution is -2.13. The van der Waals surface area contributed by atoms with Crippen LogP contribution in [0.15, 0.2) is 6.20 Å². The Bertz CT molecular complexity index is 377. The molecule has 0 aliphatic heterocycles. The van der Waals surface area contributed by atoms with Gasteiger partial charge in [-0.2, -0.15) is 0 Å². The molecule has 94 valence electrons. The lowest BCUT2D eigenvalue weighted by atomic mass is 10.1. The van der Waals surface area contributed by atoms with Crippen LogP contribution >= 0.6 is 0 Å². The van der Waals surface area contributed by atoms with Crippen LogP contribution in [0, 0.1) is 5.92 Å². The SMILES string of the molecule is CCCc1nc(C(OC)C2CC2)ncc1CN. The Morgan fingerprint density at radius 2 is 2.29 bits per heavy atom. The Morgan fingerprint density at radius 1 is 1.53 bits per heavy atom. The van der Waals surface area contributed by atoms with Crippen molar-refractivity contribution in [3.63, 3.8) is 0 Å². The van der Waals surface area contributed by atoms with E-state index in [-0.39, 0.29) is 6.10 Å². The third-order valence-electron chi connectivity index (χ3n) is 3.24. The molecular weight excluding hydrogens is 214 g/mol. The molecule has 1 atom stereocenters. The molecule has 0 spiro atoms. The first kappa shape index (κ1) is 12.5. The normalized spacial score (nSPS) is 17.1. The van der Waals surface area contributed by atoms with E-state index in [2.05, 4.69) is 16.9 Å². The zero-order chi connectivity index (χ0) is 12.3. The van der Waals surface area contributed by atoms with Gasteiger partial charge in [0.1, 0.15) is 6.10 Å². The highest BCUT2D eigenvalue weighted by Crippen LogP contribution is 2.41. The molecule has 17 heavy (non-hydrogen) atoms. The molecule has 1 aliphatic rings. The molecular formula is C13H21N3O. The molecule has 0 saturated heterocycles. The predicted molar refractivity (Wildman–Crippen MR) is 66.4 cm³/mol. The van der Waals surface area contributed by atoms with Crippen LogP contribution in [0.5, 0.6) is 0 Å². The number of ether oxygens (including phenoxy) is 1. The molecule has 0 amide bonds. The van der Waals surface area contributed by atoms with E-state index in [1.54, 1.807) is 7.11 Å². The van der Waals surface area contributed by atoms with Gasteiger partial charge in [-0.1, -0.05) is 13.3 Å². The van der Waals surface area contributed by atoms with Crippen LogP contribution in [0.3, 0.4) is 0 Å². The maximum Gasteiger partial charge on any atom is 0.157 e. The highest BCUT2D eigenvalue weighted by molar-refractivity contribution is 5.19. The summed E-state index contributed by atoms with van der Waals surface area (Å²) in [6, 6.07) is 0. The van der Waals surface area contributed by atoms with Gasteiger partial charge < -0.3 is 10.5 Å². The lowest BCUT2D eigenvalue weighted by Gasteiger charge is -2.15. The first-order chi connectivity index (χ1) is 8.30. The fourth-order valence-electron chi connectivity index (χ4n) is 2.13. The van der Waals surface area contributed by atoms with E-state index >= 15 is 0 Å². The summed E-state index contributed by atoms with van der Waals surface area (Å²) in [6.07, 6.45) is 6.42. The van der Waals surface area contributed by atoms with Gasteiger partial charge >= 0.3 is 0 Å². The van der Waals surface area contributed by atoms with Crippen LogP contribution in [0.4, 0.5) is 0 Å². The minimum Gasteiger partial charge on any atom is -0.373 e. The summed E-state index contributed by atoms with van der Waals surface area (Å²) in [7, 11) is 1.74. The fourth-order valence-corrected chi connectivity index (χ4v) is 2.13. The van der Waals surface area contributed by atoms with Crippen molar-refractivity contribution in [3.05, 3.63) is 23.3 Å². The van der Waals surface area contributed by atoms with Crippen molar-refractivity contribution in [1.29, 1.82) is 0 Å². The zero-order valence-corrected chi connectivity index (χ0v) is 10.6. The maximum atomic E-state index is 5.70. The van der Waals surface area contributed by atoms with Crippen LogP contribution in [0.25, 0.3) is 0 Å². The monoisotopic (exact) mass is 235 g/mol. The van der Waals surface area contributed by atoms with Crippen LogP contribution in [-0.2, 0) is 17.7 Å². The van der Waals surface area contributed by atoms with Gasteiger partial charge in [0.2, 0.25) is 0 Å². The predicted octanol–water partition coefficient (Wildman–Crippen LogP) is 1.99. The van der Waals surface area contributed by atoms with Crippen molar-refractivity contribution in [2.45, 2.75) is 45.3 Å². The van der Waals surface area contributed by atoms with E-state index < -0.39 is 0 Å². The van der Waals surface area contributed by atoms with Crippen LogP contribution < -0.4 is 5.73 Å². The average Bonchev–Trinajstić information content (AvgIpc) is 3.15. The number of nitrogens with zero attached hydrogens (tertiary/aromatic N) is 2. The van der Waals surface area contributed by atoms with Crippen molar-refractivity contribution < 1.29 is 4.74 Å². The third kappa shape index (κ3) is 2.82. The lowest BCUT2D eigenvalue weighted by molar-refractivity contribution is 0.0769. The Kier molecular flexibility index (Phi) is 4.07. The number of methoxy groups -OCH3 is 1. The first-order valence-electron chi connectivity index (χ1n) is 6.37. The zero-order valence-electron chi connectivity index (χ0n) is 10.6. The van der Waals surface area contributed by atoms with E-state index in [1.807, 2.05) is 6.20 Å². The molecule has 0 aromatic carbocycles. The molecule has 1 aliphatic carbocycles. The summed E-state index contributed by atoms with van der Waals surface area (Å²) in [5.74, 6) is 1.44. The van der Waals surface area contributed by atoms with E-state index in [9.17, 15) is 0 Å². The smallest absolute Gasteiger partial charge is 0.157 e. The van der Waals surface area contributed by atoms with E-state index in [0.29, 0.717) is 12.5 Å². The second-order valence-electron chi connectivity index (χ2n) is 4.65. The molecule has 1 heterocycles. The van der Waals surface area contributed by atoms with Crippen LogP contribution in [-0.4, -0.2) is 17.1 Å². The number of hydrogen-bond donors (Lipinski definition) is 1. The molecule has 1 aromatic rings. The highest BCUT2D eigenvalue weighted by atomic mass is 16.5. The fraction of sp³-hybridized carbons (Fsp3) is 0.692. The number of aryl methyl sites for hydroxylation is 1. The highest BCUT2D eigenvalue weighted by Gasteiger charge is 2.34. The average molecular weight is 235 g/mol. The van der Waals surface area contributed by atoms with Crippen molar-refractivity contribution in [1.82, 2.24) is 9.97 Å². The Hall–Kier alpha value is -1.00. The standard InChI is InChI=1S/C13H21N3O/c1-3-4-11-10(7-14)8-15-13(16-11)12(17-2)9-5-6-9/h8-9,12H,3-7,14H2,1-2H3. The molecule has 2 N–H and O–H groups in total. The molecule has 0 bridgehead atoms. The quantitative estimate of drug-likeness (QED) is 0.819.